The zero-order valence-electron chi connectivity index (χ0n) is 10.7. The van der Waals surface area contributed by atoms with Gasteiger partial charge in [-0.1, -0.05) is 33.1 Å². The van der Waals surface area contributed by atoms with Crippen molar-refractivity contribution < 1.29 is 4.79 Å². The number of hydrogen-bond donors (Lipinski definition) is 2. The standard InChI is InChI=1S/C13H26N2O/c1-11(2)7-6-10-14-13(16)15-12-8-4-3-5-9-12/h11-12H,3-10H2,1-2H3,(H2,14,15,16). The second-order valence-corrected chi connectivity index (χ2v) is 5.27. The molecule has 0 atom stereocenters. The maximum Gasteiger partial charge on any atom is 0.315 e. The zero-order chi connectivity index (χ0) is 11.8. The third-order valence-electron chi connectivity index (χ3n) is 3.18. The molecular weight excluding hydrogens is 200 g/mol. The van der Waals surface area contributed by atoms with Gasteiger partial charge in [0, 0.05) is 12.6 Å². The van der Waals surface area contributed by atoms with Crippen molar-refractivity contribution in [2.45, 2.75) is 64.8 Å². The first-order chi connectivity index (χ1) is 7.68. The van der Waals surface area contributed by atoms with Crippen molar-refractivity contribution >= 4 is 6.03 Å². The van der Waals surface area contributed by atoms with Crippen molar-refractivity contribution in [2.24, 2.45) is 5.92 Å². The van der Waals surface area contributed by atoms with Crippen molar-refractivity contribution in [3.05, 3.63) is 0 Å². The number of carbonyl (C=O) groups is 1. The Morgan fingerprint density at radius 1 is 1.25 bits per heavy atom. The van der Waals surface area contributed by atoms with Gasteiger partial charge in [0.2, 0.25) is 0 Å². The first kappa shape index (κ1) is 13.3. The van der Waals surface area contributed by atoms with E-state index in [2.05, 4.69) is 24.5 Å². The molecule has 0 aliphatic heterocycles. The fraction of sp³-hybridized carbons (Fsp3) is 0.923. The molecule has 16 heavy (non-hydrogen) atoms. The van der Waals surface area contributed by atoms with Crippen LogP contribution in [0.3, 0.4) is 0 Å². The van der Waals surface area contributed by atoms with Gasteiger partial charge in [0.05, 0.1) is 0 Å². The Labute approximate surface area is 99.4 Å². The van der Waals surface area contributed by atoms with Crippen LogP contribution in [0.4, 0.5) is 4.79 Å². The highest BCUT2D eigenvalue weighted by Crippen LogP contribution is 2.17. The smallest absolute Gasteiger partial charge is 0.315 e. The fourth-order valence-electron chi connectivity index (χ4n) is 2.20. The van der Waals surface area contributed by atoms with Gasteiger partial charge in [-0.3, -0.25) is 0 Å². The summed E-state index contributed by atoms with van der Waals surface area (Å²) in [6, 6.07) is 0.439. The molecule has 0 aromatic carbocycles. The number of urea groups is 1. The van der Waals surface area contributed by atoms with Gasteiger partial charge in [0.1, 0.15) is 0 Å². The molecule has 0 spiro atoms. The SMILES string of the molecule is CC(C)CCCNC(=O)NC1CCCCC1. The molecule has 1 aliphatic rings. The van der Waals surface area contributed by atoms with Gasteiger partial charge in [0.15, 0.2) is 0 Å². The lowest BCUT2D eigenvalue weighted by molar-refractivity contribution is 0.232. The van der Waals surface area contributed by atoms with Crippen LogP contribution in [0.1, 0.15) is 58.8 Å². The summed E-state index contributed by atoms with van der Waals surface area (Å²) in [5, 5.41) is 5.99. The van der Waals surface area contributed by atoms with E-state index in [9.17, 15) is 4.79 Å². The summed E-state index contributed by atoms with van der Waals surface area (Å²) in [5.41, 5.74) is 0. The lowest BCUT2D eigenvalue weighted by Crippen LogP contribution is -2.43. The zero-order valence-corrected chi connectivity index (χ0v) is 10.7. The van der Waals surface area contributed by atoms with Crippen molar-refractivity contribution in [3.63, 3.8) is 0 Å². The van der Waals surface area contributed by atoms with Gasteiger partial charge in [-0.15, -0.1) is 0 Å². The Kier molecular flexibility index (Phi) is 6.27. The summed E-state index contributed by atoms with van der Waals surface area (Å²) in [7, 11) is 0. The molecule has 0 aromatic heterocycles. The van der Waals surface area contributed by atoms with E-state index in [0.717, 1.165) is 31.7 Å². The number of carbonyl (C=O) groups excluding carboxylic acids is 1. The molecular formula is C13H26N2O. The summed E-state index contributed by atoms with van der Waals surface area (Å²) in [4.78, 5) is 11.5. The summed E-state index contributed by atoms with van der Waals surface area (Å²) in [6.45, 7) is 5.22. The van der Waals surface area contributed by atoms with Crippen LogP contribution in [-0.2, 0) is 0 Å². The molecule has 3 heteroatoms. The first-order valence-electron chi connectivity index (χ1n) is 6.73. The molecule has 2 amide bonds. The van der Waals surface area contributed by atoms with E-state index in [4.69, 9.17) is 0 Å². The van der Waals surface area contributed by atoms with Crippen LogP contribution in [0.15, 0.2) is 0 Å². The van der Waals surface area contributed by atoms with E-state index in [0.29, 0.717) is 6.04 Å². The Morgan fingerprint density at radius 2 is 1.94 bits per heavy atom. The van der Waals surface area contributed by atoms with Gasteiger partial charge in [-0.2, -0.15) is 0 Å². The van der Waals surface area contributed by atoms with Crippen LogP contribution >= 0.6 is 0 Å². The molecule has 1 aliphatic carbocycles. The van der Waals surface area contributed by atoms with Crippen LogP contribution in [0.25, 0.3) is 0 Å². The largest absolute Gasteiger partial charge is 0.338 e. The number of hydrogen-bond acceptors (Lipinski definition) is 1. The van der Waals surface area contributed by atoms with Crippen LogP contribution in [-0.4, -0.2) is 18.6 Å². The maximum atomic E-state index is 11.5. The van der Waals surface area contributed by atoms with Crippen LogP contribution in [0, 0.1) is 5.92 Å². The maximum absolute atomic E-state index is 11.5. The lowest BCUT2D eigenvalue weighted by Gasteiger charge is -2.22. The highest BCUT2D eigenvalue weighted by Gasteiger charge is 2.14. The summed E-state index contributed by atoms with van der Waals surface area (Å²) in [5.74, 6) is 0.725. The monoisotopic (exact) mass is 226 g/mol. The predicted molar refractivity (Wildman–Crippen MR) is 67.5 cm³/mol. The van der Waals surface area contributed by atoms with Crippen molar-refractivity contribution in [2.75, 3.05) is 6.54 Å². The predicted octanol–water partition coefficient (Wildman–Crippen LogP) is 3.05. The Bertz CT molecular complexity index is 198. The van der Waals surface area contributed by atoms with Gasteiger partial charge in [0.25, 0.3) is 0 Å². The highest BCUT2D eigenvalue weighted by atomic mass is 16.2. The Hall–Kier alpha value is -0.730. The normalized spacial score (nSPS) is 17.4. The average Bonchev–Trinajstić information content (AvgIpc) is 2.25. The Balaban J connectivity index is 2.01. The van der Waals surface area contributed by atoms with Crippen LogP contribution in [0.5, 0.6) is 0 Å². The van der Waals surface area contributed by atoms with Gasteiger partial charge < -0.3 is 10.6 Å². The van der Waals surface area contributed by atoms with Crippen molar-refractivity contribution in [1.82, 2.24) is 10.6 Å². The lowest BCUT2D eigenvalue weighted by atomic mass is 9.96. The molecule has 0 unspecified atom stereocenters. The third-order valence-corrected chi connectivity index (χ3v) is 3.18. The minimum atomic E-state index is 0.0238. The van der Waals surface area contributed by atoms with E-state index in [1.54, 1.807) is 0 Å². The quantitative estimate of drug-likeness (QED) is 0.695. The summed E-state index contributed by atoms with van der Waals surface area (Å²) in [6.07, 6.45) is 8.42. The van der Waals surface area contributed by atoms with Gasteiger partial charge in [-0.05, 0) is 31.6 Å². The molecule has 0 heterocycles. The summed E-state index contributed by atoms with van der Waals surface area (Å²) >= 11 is 0. The van der Waals surface area contributed by atoms with E-state index in [1.807, 2.05) is 0 Å². The van der Waals surface area contributed by atoms with E-state index in [1.165, 1.54) is 25.7 Å². The van der Waals surface area contributed by atoms with Crippen molar-refractivity contribution in [3.8, 4) is 0 Å². The molecule has 0 bridgehead atoms. The van der Waals surface area contributed by atoms with E-state index < -0.39 is 0 Å². The second kappa shape index (κ2) is 7.53. The highest BCUT2D eigenvalue weighted by molar-refractivity contribution is 5.74. The van der Waals surface area contributed by atoms with E-state index in [-0.39, 0.29) is 6.03 Å². The topological polar surface area (TPSA) is 41.1 Å². The number of rotatable bonds is 5. The molecule has 0 radical (unpaired) electrons. The van der Waals surface area contributed by atoms with Gasteiger partial charge >= 0.3 is 6.03 Å². The summed E-state index contributed by atoms with van der Waals surface area (Å²) < 4.78 is 0. The van der Waals surface area contributed by atoms with Crippen LogP contribution in [0.2, 0.25) is 0 Å². The third kappa shape index (κ3) is 5.99. The Morgan fingerprint density at radius 3 is 2.56 bits per heavy atom. The molecule has 1 saturated carbocycles. The number of nitrogens with one attached hydrogen (secondary N) is 2. The molecule has 0 saturated heterocycles. The molecule has 1 rings (SSSR count). The minimum Gasteiger partial charge on any atom is -0.338 e. The average molecular weight is 226 g/mol. The fourth-order valence-corrected chi connectivity index (χ4v) is 2.20. The number of amides is 2. The van der Waals surface area contributed by atoms with Gasteiger partial charge in [-0.25, -0.2) is 4.79 Å². The minimum absolute atomic E-state index is 0.0238. The molecule has 1 fully saturated rings. The molecule has 3 nitrogen and oxygen atoms in total. The van der Waals surface area contributed by atoms with Crippen molar-refractivity contribution in [1.29, 1.82) is 0 Å². The molecule has 94 valence electrons. The second-order valence-electron chi connectivity index (χ2n) is 5.27. The van der Waals surface area contributed by atoms with E-state index >= 15 is 0 Å². The molecule has 2 N–H and O–H groups in total. The first-order valence-corrected chi connectivity index (χ1v) is 6.73. The van der Waals surface area contributed by atoms with Crippen LogP contribution < -0.4 is 10.6 Å². The molecule has 0 aromatic rings.